The van der Waals surface area contributed by atoms with E-state index in [1.807, 2.05) is 0 Å². The van der Waals surface area contributed by atoms with Gasteiger partial charge in [-0.1, -0.05) is 26.0 Å². The van der Waals surface area contributed by atoms with Crippen LogP contribution in [-0.4, -0.2) is 43.5 Å². The molecule has 0 aromatic heterocycles. The minimum atomic E-state index is -2.70. The maximum atomic E-state index is 14.0. The van der Waals surface area contributed by atoms with Crippen LogP contribution in [0.2, 0.25) is 0 Å². The highest BCUT2D eigenvalue weighted by molar-refractivity contribution is 6.23. The van der Waals surface area contributed by atoms with Gasteiger partial charge in [0.05, 0.1) is 5.56 Å². The van der Waals surface area contributed by atoms with Gasteiger partial charge < -0.3 is 26.2 Å². The molecule has 10 heteroatoms. The first-order chi connectivity index (χ1) is 17.8. The van der Waals surface area contributed by atoms with Gasteiger partial charge in [-0.3, -0.25) is 14.4 Å². The molecular weight excluding hydrogens is 500 g/mol. The molecule has 5 rings (SSSR count). The highest BCUT2D eigenvalue weighted by atomic mass is 19.2. The number of Topliss-reactive ketones (excluding diaryl/α,β-unsaturated/α-hetero) is 2. The first kappa shape index (κ1) is 25.6. The predicted octanol–water partition coefficient (Wildman–Crippen LogP) is 3.25. The van der Waals surface area contributed by atoms with Crippen molar-refractivity contribution < 1.29 is 43.6 Å². The summed E-state index contributed by atoms with van der Waals surface area (Å²) in [5, 5.41) is 44.4. The first-order valence-corrected chi connectivity index (χ1v) is 12.1. The summed E-state index contributed by atoms with van der Waals surface area (Å²) < 4.78 is 27.6. The number of carbonyl (C=O) groups excluding carboxylic acids is 3. The van der Waals surface area contributed by atoms with Crippen molar-refractivity contribution >= 4 is 23.2 Å². The van der Waals surface area contributed by atoms with Crippen LogP contribution < -0.4 is 5.73 Å². The zero-order chi connectivity index (χ0) is 27.8. The molecule has 3 aliphatic carbocycles. The Morgan fingerprint density at radius 3 is 2.37 bits per heavy atom. The predicted molar refractivity (Wildman–Crippen MR) is 130 cm³/mol. The number of amides is 1. The summed E-state index contributed by atoms with van der Waals surface area (Å²) >= 11 is 0. The molecule has 2 aromatic rings. The standard InChI is InChI=1S/C28H25F2NO7/c1-10(2)19-15-8-12-7-14-13(11-3-5-16(29)17(30)9-11)4-6-18(32)21(14)24(34)20(12)25(35)28(15,38)26(36)22(23(19)33)27(31)37/h3-6,9-10,12,15,19,32,34,36,38H,7-8H2,1-2H3,(H2,31,37)/t12-,15-,19-,28-/m0/s1. The van der Waals surface area contributed by atoms with Crippen molar-refractivity contribution in [2.45, 2.75) is 32.3 Å². The molecule has 6 N–H and O–H groups in total. The van der Waals surface area contributed by atoms with E-state index in [2.05, 4.69) is 0 Å². The molecule has 0 bridgehead atoms. The maximum Gasteiger partial charge on any atom is 0.255 e. The molecule has 0 unspecified atom stereocenters. The van der Waals surface area contributed by atoms with Gasteiger partial charge >= 0.3 is 0 Å². The molecule has 2 aromatic carbocycles. The van der Waals surface area contributed by atoms with Crippen LogP contribution in [0.25, 0.3) is 16.9 Å². The second-order valence-electron chi connectivity index (χ2n) is 10.4. The van der Waals surface area contributed by atoms with E-state index in [0.29, 0.717) is 11.1 Å². The molecule has 0 heterocycles. The quantitative estimate of drug-likeness (QED) is 0.385. The van der Waals surface area contributed by atoms with Gasteiger partial charge in [0.1, 0.15) is 22.8 Å². The summed E-state index contributed by atoms with van der Waals surface area (Å²) in [5.41, 5.74) is 2.39. The second-order valence-corrected chi connectivity index (χ2v) is 10.4. The number of aromatic hydroxyl groups is 1. The molecule has 0 spiro atoms. The number of benzene rings is 2. The van der Waals surface area contributed by atoms with Crippen molar-refractivity contribution in [2.75, 3.05) is 0 Å². The highest BCUT2D eigenvalue weighted by Crippen LogP contribution is 2.55. The Hall–Kier alpha value is -4.05. The van der Waals surface area contributed by atoms with E-state index in [4.69, 9.17) is 5.73 Å². The smallest absolute Gasteiger partial charge is 0.255 e. The molecular formula is C28H25F2NO7. The number of fused-ring (bicyclic) bond motifs is 3. The maximum absolute atomic E-state index is 14.0. The Kier molecular flexibility index (Phi) is 5.72. The van der Waals surface area contributed by atoms with E-state index >= 15 is 0 Å². The number of carbonyl (C=O) groups is 3. The number of primary amides is 1. The van der Waals surface area contributed by atoms with Crippen molar-refractivity contribution in [3.8, 4) is 16.9 Å². The highest BCUT2D eigenvalue weighted by Gasteiger charge is 2.64. The summed E-state index contributed by atoms with van der Waals surface area (Å²) in [6.45, 7) is 3.35. The third-order valence-corrected chi connectivity index (χ3v) is 8.08. The number of aliphatic hydroxyl groups is 3. The van der Waals surface area contributed by atoms with Gasteiger partial charge in [-0.25, -0.2) is 8.78 Å². The summed E-state index contributed by atoms with van der Waals surface area (Å²) in [5.74, 6) is -10.9. The average Bonchev–Trinajstić information content (AvgIpc) is 2.83. The van der Waals surface area contributed by atoms with E-state index in [-0.39, 0.29) is 29.5 Å². The van der Waals surface area contributed by atoms with Crippen molar-refractivity contribution in [3.63, 3.8) is 0 Å². The van der Waals surface area contributed by atoms with Crippen LogP contribution in [0.1, 0.15) is 31.4 Å². The number of phenolic OH excluding ortho intramolecular Hbond substituents is 1. The van der Waals surface area contributed by atoms with Gasteiger partial charge in [0.2, 0.25) is 5.78 Å². The van der Waals surface area contributed by atoms with Crippen LogP contribution in [-0.2, 0) is 20.8 Å². The molecule has 3 aliphatic rings. The molecule has 0 aliphatic heterocycles. The molecule has 1 saturated carbocycles. The Bertz CT molecular complexity index is 1510. The number of ketones is 2. The normalized spacial score (nSPS) is 26.8. The number of aliphatic hydroxyl groups excluding tert-OH is 2. The molecule has 4 atom stereocenters. The van der Waals surface area contributed by atoms with E-state index in [9.17, 15) is 43.6 Å². The fourth-order valence-corrected chi connectivity index (χ4v) is 6.42. The average molecular weight is 526 g/mol. The van der Waals surface area contributed by atoms with Gasteiger partial charge in [-0.15, -0.1) is 0 Å². The van der Waals surface area contributed by atoms with Gasteiger partial charge in [0, 0.05) is 17.4 Å². The molecule has 0 saturated heterocycles. The minimum absolute atomic E-state index is 0.0430. The molecule has 0 radical (unpaired) electrons. The summed E-state index contributed by atoms with van der Waals surface area (Å²) in [4.78, 5) is 39.1. The second kappa shape index (κ2) is 8.49. The zero-order valence-corrected chi connectivity index (χ0v) is 20.5. The van der Waals surface area contributed by atoms with Crippen LogP contribution in [0.5, 0.6) is 5.75 Å². The number of hydrogen-bond donors (Lipinski definition) is 5. The Balaban J connectivity index is 1.74. The Labute approximate surface area is 215 Å². The van der Waals surface area contributed by atoms with Crippen LogP contribution in [0.4, 0.5) is 8.78 Å². The summed E-state index contributed by atoms with van der Waals surface area (Å²) in [7, 11) is 0. The lowest BCUT2D eigenvalue weighted by atomic mass is 9.54. The molecule has 1 amide bonds. The lowest BCUT2D eigenvalue weighted by Crippen LogP contribution is -2.62. The van der Waals surface area contributed by atoms with Crippen molar-refractivity contribution in [2.24, 2.45) is 29.4 Å². The third-order valence-electron chi connectivity index (χ3n) is 8.08. The van der Waals surface area contributed by atoms with Gasteiger partial charge in [0.15, 0.2) is 23.0 Å². The lowest BCUT2D eigenvalue weighted by Gasteiger charge is -2.50. The lowest BCUT2D eigenvalue weighted by molar-refractivity contribution is -0.155. The Morgan fingerprint density at radius 1 is 1.08 bits per heavy atom. The van der Waals surface area contributed by atoms with Gasteiger partial charge in [-0.05, 0) is 59.6 Å². The number of halogens is 2. The number of hydrogen-bond acceptors (Lipinski definition) is 7. The topological polar surface area (TPSA) is 158 Å². The zero-order valence-electron chi connectivity index (χ0n) is 20.5. The SMILES string of the molecule is CC(C)[C@@H]1C(=O)C(C(N)=O)=C(O)[C@@]2(O)C(=O)C3=C(O)c4c(O)ccc(-c5ccc(F)c(F)c5)c4C[C@H]3C[C@@H]12. The molecule has 1 fully saturated rings. The summed E-state index contributed by atoms with van der Waals surface area (Å²) in [6.07, 6.45) is 0.000566. The van der Waals surface area contributed by atoms with Crippen LogP contribution in [0.15, 0.2) is 47.2 Å². The molecule has 8 nitrogen and oxygen atoms in total. The van der Waals surface area contributed by atoms with Crippen molar-refractivity contribution in [1.29, 1.82) is 0 Å². The van der Waals surface area contributed by atoms with E-state index in [1.54, 1.807) is 13.8 Å². The van der Waals surface area contributed by atoms with Crippen molar-refractivity contribution in [1.82, 2.24) is 0 Å². The monoisotopic (exact) mass is 525 g/mol. The van der Waals surface area contributed by atoms with Crippen LogP contribution in [0.3, 0.4) is 0 Å². The van der Waals surface area contributed by atoms with E-state index in [0.717, 1.165) is 12.1 Å². The number of phenols is 1. The molecule has 38 heavy (non-hydrogen) atoms. The first-order valence-electron chi connectivity index (χ1n) is 12.1. The minimum Gasteiger partial charge on any atom is -0.508 e. The third kappa shape index (κ3) is 3.32. The number of rotatable bonds is 3. The van der Waals surface area contributed by atoms with Crippen LogP contribution in [0, 0.1) is 35.3 Å². The van der Waals surface area contributed by atoms with Gasteiger partial charge in [0.25, 0.3) is 5.91 Å². The number of nitrogens with two attached hydrogens (primary N) is 1. The van der Waals surface area contributed by atoms with E-state index < -0.39 is 81.2 Å². The van der Waals surface area contributed by atoms with Gasteiger partial charge in [-0.2, -0.15) is 0 Å². The fraction of sp³-hybridized carbons (Fsp3) is 0.321. The van der Waals surface area contributed by atoms with Crippen LogP contribution >= 0.6 is 0 Å². The van der Waals surface area contributed by atoms with Crippen molar-refractivity contribution in [3.05, 3.63) is 70.0 Å². The largest absolute Gasteiger partial charge is 0.508 e. The summed E-state index contributed by atoms with van der Waals surface area (Å²) in [6, 6.07) is 5.98. The molecule has 198 valence electrons. The van der Waals surface area contributed by atoms with E-state index in [1.165, 1.54) is 18.2 Å². The Morgan fingerprint density at radius 2 is 1.76 bits per heavy atom. The fourth-order valence-electron chi connectivity index (χ4n) is 6.42.